The van der Waals surface area contributed by atoms with Crippen molar-refractivity contribution in [3.05, 3.63) is 57.8 Å². The number of amides is 1. The number of rotatable bonds is 4. The molecule has 0 unspecified atom stereocenters. The Kier molecular flexibility index (Phi) is 4.96. The molecule has 2 aromatic rings. The van der Waals surface area contributed by atoms with Gasteiger partial charge in [-0.05, 0) is 71.7 Å². The zero-order chi connectivity index (χ0) is 15.4. The van der Waals surface area contributed by atoms with E-state index in [-0.39, 0.29) is 5.91 Å². The highest BCUT2D eigenvalue weighted by Crippen LogP contribution is 2.24. The number of halogens is 2. The molecule has 0 bridgehead atoms. The summed E-state index contributed by atoms with van der Waals surface area (Å²) in [6.45, 7) is 4.77. The molecular formula is C16H16BrFN2O. The number of anilines is 2. The first kappa shape index (κ1) is 15.5. The average Bonchev–Trinajstić information content (AvgIpc) is 2.45. The summed E-state index contributed by atoms with van der Waals surface area (Å²) in [5, 5.41) is 5.92. The van der Waals surface area contributed by atoms with Crippen molar-refractivity contribution < 1.29 is 9.18 Å². The molecule has 0 saturated carbocycles. The smallest absolute Gasteiger partial charge is 0.255 e. The molecule has 0 atom stereocenters. The second-order valence-corrected chi connectivity index (χ2v) is 5.49. The third-order valence-electron chi connectivity index (χ3n) is 3.03. The topological polar surface area (TPSA) is 41.1 Å². The second-order valence-electron chi connectivity index (χ2n) is 4.64. The van der Waals surface area contributed by atoms with Gasteiger partial charge in [0.1, 0.15) is 5.82 Å². The third kappa shape index (κ3) is 3.82. The van der Waals surface area contributed by atoms with Crippen LogP contribution in [-0.4, -0.2) is 12.5 Å². The lowest BCUT2D eigenvalue weighted by Gasteiger charge is -2.11. The summed E-state index contributed by atoms with van der Waals surface area (Å²) in [4.78, 5) is 12.2. The quantitative estimate of drug-likeness (QED) is 0.847. The van der Waals surface area contributed by atoms with Crippen LogP contribution in [0.3, 0.4) is 0 Å². The summed E-state index contributed by atoms with van der Waals surface area (Å²) in [5.41, 5.74) is 2.93. The Bertz CT molecular complexity index is 673. The van der Waals surface area contributed by atoms with Gasteiger partial charge >= 0.3 is 0 Å². The number of carbonyl (C=O) groups excluding carboxylic acids is 1. The largest absolute Gasteiger partial charge is 0.385 e. The summed E-state index contributed by atoms with van der Waals surface area (Å²) in [5.74, 6) is -0.667. The van der Waals surface area contributed by atoms with Crippen LogP contribution >= 0.6 is 15.9 Å². The van der Waals surface area contributed by atoms with E-state index in [9.17, 15) is 9.18 Å². The van der Waals surface area contributed by atoms with Gasteiger partial charge in [-0.25, -0.2) is 4.39 Å². The average molecular weight is 351 g/mol. The molecule has 1 amide bonds. The van der Waals surface area contributed by atoms with E-state index in [1.807, 2.05) is 19.9 Å². The summed E-state index contributed by atoms with van der Waals surface area (Å²) >= 11 is 3.29. The van der Waals surface area contributed by atoms with Crippen LogP contribution in [-0.2, 0) is 0 Å². The summed E-state index contributed by atoms with van der Waals surface area (Å²) < 4.78 is 13.9. The van der Waals surface area contributed by atoms with E-state index >= 15 is 0 Å². The van der Waals surface area contributed by atoms with E-state index in [0.717, 1.165) is 17.8 Å². The Morgan fingerprint density at radius 1 is 1.19 bits per heavy atom. The number of aryl methyl sites for hydroxylation is 1. The fourth-order valence-corrected chi connectivity index (χ4v) is 2.33. The van der Waals surface area contributed by atoms with Crippen LogP contribution in [0.15, 0.2) is 40.9 Å². The molecule has 110 valence electrons. The maximum atomic E-state index is 13.2. The normalized spacial score (nSPS) is 10.3. The van der Waals surface area contributed by atoms with Crippen LogP contribution in [0.25, 0.3) is 0 Å². The SMILES string of the molecule is CCNc1ccc(C(=O)Nc2cc(F)ccc2Br)cc1C. The van der Waals surface area contributed by atoms with Gasteiger partial charge in [-0.2, -0.15) is 0 Å². The molecule has 0 saturated heterocycles. The number of carbonyl (C=O) groups is 1. The van der Waals surface area contributed by atoms with Crippen LogP contribution in [0, 0.1) is 12.7 Å². The molecule has 21 heavy (non-hydrogen) atoms. The Morgan fingerprint density at radius 3 is 2.62 bits per heavy atom. The number of hydrogen-bond acceptors (Lipinski definition) is 2. The van der Waals surface area contributed by atoms with Crippen molar-refractivity contribution in [2.45, 2.75) is 13.8 Å². The second kappa shape index (κ2) is 6.72. The molecule has 0 aliphatic heterocycles. The van der Waals surface area contributed by atoms with Crippen molar-refractivity contribution in [1.82, 2.24) is 0 Å². The monoisotopic (exact) mass is 350 g/mol. The minimum absolute atomic E-state index is 0.271. The van der Waals surface area contributed by atoms with Crippen LogP contribution in [0.4, 0.5) is 15.8 Å². The van der Waals surface area contributed by atoms with E-state index in [4.69, 9.17) is 0 Å². The summed E-state index contributed by atoms with van der Waals surface area (Å²) in [7, 11) is 0. The lowest BCUT2D eigenvalue weighted by atomic mass is 10.1. The first-order valence-electron chi connectivity index (χ1n) is 6.62. The molecule has 0 aliphatic carbocycles. The van der Waals surface area contributed by atoms with Crippen molar-refractivity contribution in [2.24, 2.45) is 0 Å². The van der Waals surface area contributed by atoms with Crippen LogP contribution in [0.5, 0.6) is 0 Å². The first-order chi connectivity index (χ1) is 10.0. The molecule has 0 fully saturated rings. The molecule has 2 aromatic carbocycles. The van der Waals surface area contributed by atoms with Gasteiger partial charge in [0.25, 0.3) is 5.91 Å². The van der Waals surface area contributed by atoms with Gasteiger partial charge in [0, 0.05) is 22.3 Å². The van der Waals surface area contributed by atoms with Crippen LogP contribution in [0.2, 0.25) is 0 Å². The molecule has 0 aliphatic rings. The van der Waals surface area contributed by atoms with E-state index in [1.54, 1.807) is 18.2 Å². The van der Waals surface area contributed by atoms with E-state index in [1.165, 1.54) is 12.1 Å². The summed E-state index contributed by atoms with van der Waals surface area (Å²) in [6.07, 6.45) is 0. The predicted molar refractivity (Wildman–Crippen MR) is 87.4 cm³/mol. The molecule has 5 heteroatoms. The number of benzene rings is 2. The van der Waals surface area contributed by atoms with Gasteiger partial charge in [-0.1, -0.05) is 0 Å². The Labute approximate surface area is 131 Å². The predicted octanol–water partition coefficient (Wildman–Crippen LogP) is 4.58. The van der Waals surface area contributed by atoms with E-state index in [0.29, 0.717) is 15.7 Å². The minimum atomic E-state index is -0.396. The summed E-state index contributed by atoms with van der Waals surface area (Å²) in [6, 6.07) is 9.59. The zero-order valence-electron chi connectivity index (χ0n) is 11.8. The highest BCUT2D eigenvalue weighted by molar-refractivity contribution is 9.10. The Morgan fingerprint density at radius 2 is 1.95 bits per heavy atom. The molecule has 3 nitrogen and oxygen atoms in total. The third-order valence-corrected chi connectivity index (χ3v) is 3.72. The lowest BCUT2D eigenvalue weighted by molar-refractivity contribution is 0.102. The zero-order valence-corrected chi connectivity index (χ0v) is 13.4. The van der Waals surface area contributed by atoms with Crippen molar-refractivity contribution in [1.29, 1.82) is 0 Å². The van der Waals surface area contributed by atoms with Gasteiger partial charge in [0.15, 0.2) is 0 Å². The lowest BCUT2D eigenvalue weighted by Crippen LogP contribution is -2.13. The standard InChI is InChI=1S/C16H16BrFN2O/c1-3-19-14-7-4-11(8-10(14)2)16(21)20-15-9-12(18)5-6-13(15)17/h4-9,19H,3H2,1-2H3,(H,20,21). The van der Waals surface area contributed by atoms with Crippen molar-refractivity contribution in [3.8, 4) is 0 Å². The van der Waals surface area contributed by atoms with Crippen molar-refractivity contribution in [3.63, 3.8) is 0 Å². The highest BCUT2D eigenvalue weighted by Gasteiger charge is 2.10. The van der Waals surface area contributed by atoms with Crippen molar-refractivity contribution in [2.75, 3.05) is 17.2 Å². The maximum absolute atomic E-state index is 13.2. The maximum Gasteiger partial charge on any atom is 0.255 e. The van der Waals surface area contributed by atoms with Gasteiger partial charge in [-0.15, -0.1) is 0 Å². The first-order valence-corrected chi connectivity index (χ1v) is 7.41. The molecule has 0 aromatic heterocycles. The highest BCUT2D eigenvalue weighted by atomic mass is 79.9. The van der Waals surface area contributed by atoms with Gasteiger partial charge < -0.3 is 10.6 Å². The Hall–Kier alpha value is -1.88. The fourth-order valence-electron chi connectivity index (χ4n) is 1.98. The van der Waals surface area contributed by atoms with Gasteiger partial charge in [0.05, 0.1) is 5.69 Å². The van der Waals surface area contributed by atoms with Crippen molar-refractivity contribution >= 4 is 33.2 Å². The molecule has 0 spiro atoms. The van der Waals surface area contributed by atoms with Gasteiger partial charge in [0.2, 0.25) is 0 Å². The van der Waals surface area contributed by atoms with Crippen LogP contribution < -0.4 is 10.6 Å². The molecular weight excluding hydrogens is 335 g/mol. The minimum Gasteiger partial charge on any atom is -0.385 e. The number of nitrogens with one attached hydrogen (secondary N) is 2. The van der Waals surface area contributed by atoms with E-state index < -0.39 is 5.82 Å². The molecule has 0 radical (unpaired) electrons. The number of hydrogen-bond donors (Lipinski definition) is 2. The Balaban J connectivity index is 2.20. The fraction of sp³-hybridized carbons (Fsp3) is 0.188. The molecule has 2 rings (SSSR count). The van der Waals surface area contributed by atoms with Gasteiger partial charge in [-0.3, -0.25) is 4.79 Å². The van der Waals surface area contributed by atoms with E-state index in [2.05, 4.69) is 26.6 Å². The van der Waals surface area contributed by atoms with Crippen LogP contribution in [0.1, 0.15) is 22.8 Å². The molecule has 2 N–H and O–H groups in total. The molecule has 0 heterocycles.